The van der Waals surface area contributed by atoms with E-state index in [-0.39, 0.29) is 6.41 Å². The van der Waals surface area contributed by atoms with Crippen molar-refractivity contribution in [3.63, 3.8) is 0 Å². The second-order valence-electron chi connectivity index (χ2n) is 4.82. The third-order valence-corrected chi connectivity index (χ3v) is 3.43. The van der Waals surface area contributed by atoms with Gasteiger partial charge in [0, 0.05) is 37.9 Å². The van der Waals surface area contributed by atoms with E-state index < -0.39 is 0 Å². The van der Waals surface area contributed by atoms with Gasteiger partial charge in [-0.25, -0.2) is 0 Å². The minimum Gasteiger partial charge on any atom is -0.384 e. The maximum Gasteiger partial charge on any atom is 0.218 e. The zero-order valence-electron chi connectivity index (χ0n) is 12.1. The van der Waals surface area contributed by atoms with Gasteiger partial charge in [-0.3, -0.25) is 4.90 Å². The maximum absolute atomic E-state index is 5.63. The number of nitrogens with zero attached hydrogens (tertiary/aromatic N) is 1. The van der Waals surface area contributed by atoms with Gasteiger partial charge in [0.2, 0.25) is 6.41 Å². The number of para-hydroxylation sites is 1. The maximum atomic E-state index is 5.63. The number of benzene rings is 1. The molecule has 0 spiro atoms. The van der Waals surface area contributed by atoms with Crippen molar-refractivity contribution in [1.82, 2.24) is 4.90 Å². The van der Waals surface area contributed by atoms with Gasteiger partial charge < -0.3 is 14.8 Å². The van der Waals surface area contributed by atoms with Crippen molar-refractivity contribution in [2.45, 2.75) is 26.2 Å². The van der Waals surface area contributed by atoms with Crippen LogP contribution in [-0.2, 0) is 9.47 Å². The lowest BCUT2D eigenvalue weighted by molar-refractivity contribution is -0.213. The molecule has 0 aromatic heterocycles. The summed E-state index contributed by atoms with van der Waals surface area (Å²) >= 11 is 0. The Morgan fingerprint density at radius 2 is 1.95 bits per heavy atom. The first kappa shape index (κ1) is 14.3. The highest BCUT2D eigenvalue weighted by atomic mass is 16.7. The predicted octanol–water partition coefficient (Wildman–Crippen LogP) is 2.48. The molecule has 0 bridgehead atoms. The summed E-state index contributed by atoms with van der Waals surface area (Å²) in [6.45, 7) is 7.21. The van der Waals surface area contributed by atoms with Crippen molar-refractivity contribution in [2.24, 2.45) is 0 Å². The number of hydrogen-bond donors (Lipinski definition) is 1. The van der Waals surface area contributed by atoms with Gasteiger partial charge >= 0.3 is 0 Å². The summed E-state index contributed by atoms with van der Waals surface area (Å²) in [5.74, 6) is 0.490. The lowest BCUT2D eigenvalue weighted by atomic mass is 10.0. The number of nitrogens with one attached hydrogen (secondary N) is 1. The molecule has 4 heteroatoms. The van der Waals surface area contributed by atoms with E-state index in [1.807, 2.05) is 13.8 Å². The Morgan fingerprint density at radius 1 is 1.26 bits per heavy atom. The van der Waals surface area contributed by atoms with Crippen LogP contribution < -0.4 is 5.32 Å². The SMILES string of the molecule is CCOC(OCC)N(C)C[C@@H]1CNc2ccccc21. The highest BCUT2D eigenvalue weighted by Crippen LogP contribution is 2.31. The lowest BCUT2D eigenvalue weighted by Gasteiger charge is -2.29. The Morgan fingerprint density at radius 3 is 2.63 bits per heavy atom. The molecule has 0 saturated carbocycles. The minimum absolute atomic E-state index is 0.247. The van der Waals surface area contributed by atoms with E-state index in [1.165, 1.54) is 11.3 Å². The number of rotatable bonds is 7. The summed E-state index contributed by atoms with van der Waals surface area (Å²) in [4.78, 5) is 2.14. The van der Waals surface area contributed by atoms with E-state index in [1.54, 1.807) is 0 Å². The molecule has 1 heterocycles. The largest absolute Gasteiger partial charge is 0.384 e. The highest BCUT2D eigenvalue weighted by Gasteiger charge is 2.25. The molecule has 2 rings (SSSR count). The fourth-order valence-corrected chi connectivity index (χ4v) is 2.54. The van der Waals surface area contributed by atoms with Crippen molar-refractivity contribution < 1.29 is 9.47 Å². The van der Waals surface area contributed by atoms with Crippen LogP contribution in [0.5, 0.6) is 0 Å². The van der Waals surface area contributed by atoms with E-state index in [2.05, 4.69) is 41.5 Å². The summed E-state index contributed by atoms with van der Waals surface area (Å²) < 4.78 is 11.3. The molecule has 1 aromatic carbocycles. The zero-order valence-corrected chi connectivity index (χ0v) is 12.1. The van der Waals surface area contributed by atoms with Crippen LogP contribution in [0.25, 0.3) is 0 Å². The molecule has 1 atom stereocenters. The monoisotopic (exact) mass is 264 g/mol. The number of likely N-dealkylation sites (N-methyl/N-ethyl adjacent to an activating group) is 1. The van der Waals surface area contributed by atoms with Crippen molar-refractivity contribution in [3.05, 3.63) is 29.8 Å². The molecule has 1 N–H and O–H groups in total. The minimum atomic E-state index is -0.247. The highest BCUT2D eigenvalue weighted by molar-refractivity contribution is 5.57. The van der Waals surface area contributed by atoms with Crippen LogP contribution in [0.2, 0.25) is 0 Å². The molecule has 0 fully saturated rings. The third-order valence-electron chi connectivity index (χ3n) is 3.43. The summed E-state index contributed by atoms with van der Waals surface area (Å²) in [7, 11) is 2.05. The summed E-state index contributed by atoms with van der Waals surface area (Å²) in [5, 5.41) is 3.45. The first-order chi connectivity index (χ1) is 9.26. The quantitative estimate of drug-likeness (QED) is 0.767. The van der Waals surface area contributed by atoms with E-state index in [0.29, 0.717) is 19.1 Å². The molecule has 19 heavy (non-hydrogen) atoms. The van der Waals surface area contributed by atoms with Crippen LogP contribution in [0.3, 0.4) is 0 Å². The molecule has 0 unspecified atom stereocenters. The second-order valence-corrected chi connectivity index (χ2v) is 4.82. The van der Waals surface area contributed by atoms with Crippen LogP contribution in [0, 0.1) is 0 Å². The zero-order chi connectivity index (χ0) is 13.7. The van der Waals surface area contributed by atoms with E-state index in [9.17, 15) is 0 Å². The number of fused-ring (bicyclic) bond motifs is 1. The lowest BCUT2D eigenvalue weighted by Crippen LogP contribution is -2.39. The number of anilines is 1. The number of hydrogen-bond acceptors (Lipinski definition) is 4. The third kappa shape index (κ3) is 3.47. The van der Waals surface area contributed by atoms with Gasteiger partial charge in [-0.2, -0.15) is 0 Å². The Balaban J connectivity index is 1.97. The molecule has 0 radical (unpaired) electrons. The average molecular weight is 264 g/mol. The van der Waals surface area contributed by atoms with E-state index in [4.69, 9.17) is 9.47 Å². The van der Waals surface area contributed by atoms with E-state index in [0.717, 1.165) is 13.1 Å². The van der Waals surface area contributed by atoms with Gasteiger partial charge in [-0.15, -0.1) is 0 Å². The van der Waals surface area contributed by atoms with Crippen LogP contribution in [0.15, 0.2) is 24.3 Å². The summed E-state index contributed by atoms with van der Waals surface area (Å²) in [5.41, 5.74) is 2.64. The van der Waals surface area contributed by atoms with Crippen molar-refractivity contribution in [1.29, 1.82) is 0 Å². The fraction of sp³-hybridized carbons (Fsp3) is 0.600. The summed E-state index contributed by atoms with van der Waals surface area (Å²) in [6, 6.07) is 8.50. The van der Waals surface area contributed by atoms with Gasteiger partial charge in [0.1, 0.15) is 0 Å². The van der Waals surface area contributed by atoms with Gasteiger partial charge in [0.05, 0.1) is 0 Å². The van der Waals surface area contributed by atoms with Gasteiger partial charge in [-0.05, 0) is 32.5 Å². The molecule has 1 aliphatic rings. The number of ether oxygens (including phenoxy) is 2. The molecule has 0 amide bonds. The summed E-state index contributed by atoms with van der Waals surface area (Å²) in [6.07, 6.45) is -0.247. The van der Waals surface area contributed by atoms with Crippen LogP contribution in [0.4, 0.5) is 5.69 Å². The first-order valence-corrected chi connectivity index (χ1v) is 7.02. The van der Waals surface area contributed by atoms with Crippen LogP contribution in [0.1, 0.15) is 25.3 Å². The van der Waals surface area contributed by atoms with Crippen LogP contribution >= 0.6 is 0 Å². The molecule has 1 aromatic rings. The molecule has 4 nitrogen and oxygen atoms in total. The molecular formula is C15H24N2O2. The van der Waals surface area contributed by atoms with E-state index >= 15 is 0 Å². The van der Waals surface area contributed by atoms with Gasteiger partial charge in [0.15, 0.2) is 0 Å². The predicted molar refractivity (Wildman–Crippen MR) is 77.3 cm³/mol. The molecular weight excluding hydrogens is 240 g/mol. The Hall–Kier alpha value is -1.10. The van der Waals surface area contributed by atoms with Crippen molar-refractivity contribution in [2.75, 3.05) is 38.7 Å². The molecule has 1 aliphatic heterocycles. The average Bonchev–Trinajstić information content (AvgIpc) is 2.82. The topological polar surface area (TPSA) is 33.7 Å². The Bertz CT molecular complexity index is 391. The van der Waals surface area contributed by atoms with Gasteiger partial charge in [-0.1, -0.05) is 18.2 Å². The van der Waals surface area contributed by atoms with Crippen LogP contribution in [-0.4, -0.2) is 44.7 Å². The standard InChI is InChI=1S/C15H24N2O2/c1-4-18-15(19-5-2)17(3)11-12-10-16-14-9-7-6-8-13(12)14/h6-9,12,15-16H,4-5,10-11H2,1-3H3/t12-/m0/s1. The molecule has 0 aliphatic carbocycles. The Labute approximate surface area is 115 Å². The molecule has 106 valence electrons. The Kier molecular flexibility index (Phi) is 5.19. The van der Waals surface area contributed by atoms with Crippen molar-refractivity contribution >= 4 is 5.69 Å². The molecule has 0 saturated heterocycles. The van der Waals surface area contributed by atoms with Gasteiger partial charge in [0.25, 0.3) is 0 Å². The normalized spacial score (nSPS) is 17.8. The smallest absolute Gasteiger partial charge is 0.218 e. The fourth-order valence-electron chi connectivity index (χ4n) is 2.54. The van der Waals surface area contributed by atoms with Crippen molar-refractivity contribution in [3.8, 4) is 0 Å². The first-order valence-electron chi connectivity index (χ1n) is 7.02. The second kappa shape index (κ2) is 6.89.